The van der Waals surface area contributed by atoms with Crippen LogP contribution in [0.4, 0.5) is 0 Å². The third-order valence-electron chi connectivity index (χ3n) is 3.18. The highest BCUT2D eigenvalue weighted by molar-refractivity contribution is 7.89. The van der Waals surface area contributed by atoms with Gasteiger partial charge >= 0.3 is 0 Å². The third-order valence-corrected chi connectivity index (χ3v) is 5.01. The van der Waals surface area contributed by atoms with Crippen molar-refractivity contribution in [3.05, 3.63) is 42.2 Å². The Bertz CT molecular complexity index is 678. The molecule has 1 N–H and O–H groups in total. The summed E-state index contributed by atoms with van der Waals surface area (Å²) in [5.74, 6) is 0.103. The SMILES string of the molecule is CN(C)S(=O)(=O)CCNCc1cccc2cnccc12. The molecule has 5 nitrogen and oxygen atoms in total. The molecule has 0 spiro atoms. The van der Waals surface area contributed by atoms with E-state index < -0.39 is 10.0 Å². The summed E-state index contributed by atoms with van der Waals surface area (Å²) in [7, 11) is -0.0370. The molecule has 0 fully saturated rings. The van der Waals surface area contributed by atoms with Gasteiger partial charge in [-0.25, -0.2) is 12.7 Å². The van der Waals surface area contributed by atoms with Crippen molar-refractivity contribution in [1.82, 2.24) is 14.6 Å². The Morgan fingerprint density at radius 1 is 1.25 bits per heavy atom. The van der Waals surface area contributed by atoms with Gasteiger partial charge < -0.3 is 5.32 Å². The van der Waals surface area contributed by atoms with Gasteiger partial charge in [-0.1, -0.05) is 18.2 Å². The maximum Gasteiger partial charge on any atom is 0.214 e. The van der Waals surface area contributed by atoms with Crippen LogP contribution in [0.1, 0.15) is 5.56 Å². The molecule has 0 saturated heterocycles. The zero-order valence-corrected chi connectivity index (χ0v) is 12.5. The van der Waals surface area contributed by atoms with Gasteiger partial charge in [0.05, 0.1) is 5.75 Å². The monoisotopic (exact) mass is 293 g/mol. The van der Waals surface area contributed by atoms with E-state index in [-0.39, 0.29) is 5.75 Å². The second-order valence-electron chi connectivity index (χ2n) is 4.79. The first kappa shape index (κ1) is 14.9. The standard InChI is InChI=1S/C14H19N3O2S/c1-17(2)20(18,19)9-8-16-11-13-5-3-4-12-10-15-7-6-14(12)13/h3-7,10,16H,8-9,11H2,1-2H3. The van der Waals surface area contributed by atoms with Crippen molar-refractivity contribution in [3.63, 3.8) is 0 Å². The molecule has 0 unspecified atom stereocenters. The molecule has 108 valence electrons. The smallest absolute Gasteiger partial charge is 0.214 e. The molecule has 0 aliphatic carbocycles. The lowest BCUT2D eigenvalue weighted by Gasteiger charge is -2.12. The van der Waals surface area contributed by atoms with E-state index in [1.165, 1.54) is 4.31 Å². The van der Waals surface area contributed by atoms with E-state index in [9.17, 15) is 8.42 Å². The van der Waals surface area contributed by atoms with Gasteiger partial charge in [-0.05, 0) is 17.0 Å². The number of fused-ring (bicyclic) bond motifs is 1. The lowest BCUT2D eigenvalue weighted by atomic mass is 10.1. The number of sulfonamides is 1. The number of hydrogen-bond donors (Lipinski definition) is 1. The molecule has 0 bridgehead atoms. The summed E-state index contributed by atoms with van der Waals surface area (Å²) in [6.45, 7) is 1.08. The van der Waals surface area contributed by atoms with Crippen molar-refractivity contribution in [3.8, 4) is 0 Å². The number of rotatable bonds is 6. The summed E-state index contributed by atoms with van der Waals surface area (Å²) in [5.41, 5.74) is 1.15. The van der Waals surface area contributed by atoms with Crippen molar-refractivity contribution >= 4 is 20.8 Å². The van der Waals surface area contributed by atoms with E-state index in [1.54, 1.807) is 20.3 Å². The van der Waals surface area contributed by atoms with Crippen LogP contribution in [0.5, 0.6) is 0 Å². The first-order valence-corrected chi connectivity index (χ1v) is 8.04. The molecule has 2 aromatic rings. The van der Waals surface area contributed by atoms with Gasteiger partial charge in [0.15, 0.2) is 0 Å². The predicted molar refractivity (Wildman–Crippen MR) is 80.9 cm³/mol. The molecular weight excluding hydrogens is 274 g/mol. The number of nitrogens with one attached hydrogen (secondary N) is 1. The van der Waals surface area contributed by atoms with Crippen LogP contribution in [0.25, 0.3) is 10.8 Å². The zero-order valence-electron chi connectivity index (χ0n) is 11.7. The fourth-order valence-electron chi connectivity index (χ4n) is 1.95. The average molecular weight is 293 g/mol. The zero-order chi connectivity index (χ0) is 14.6. The highest BCUT2D eigenvalue weighted by Crippen LogP contribution is 2.16. The highest BCUT2D eigenvalue weighted by atomic mass is 32.2. The minimum absolute atomic E-state index is 0.103. The van der Waals surface area contributed by atoms with Crippen LogP contribution >= 0.6 is 0 Å². The summed E-state index contributed by atoms with van der Waals surface area (Å²) in [4.78, 5) is 4.10. The molecule has 2 rings (SSSR count). The Hall–Kier alpha value is -1.50. The van der Waals surface area contributed by atoms with Crippen LogP contribution in [0.15, 0.2) is 36.7 Å². The van der Waals surface area contributed by atoms with Gasteiger partial charge in [-0.3, -0.25) is 4.98 Å². The summed E-state index contributed by atoms with van der Waals surface area (Å²) in [5, 5.41) is 5.41. The number of hydrogen-bond acceptors (Lipinski definition) is 4. The van der Waals surface area contributed by atoms with Crippen molar-refractivity contribution in [2.45, 2.75) is 6.54 Å². The maximum absolute atomic E-state index is 11.6. The molecule has 0 amide bonds. The first-order valence-electron chi connectivity index (χ1n) is 6.43. The lowest BCUT2D eigenvalue weighted by Crippen LogP contribution is -2.31. The molecule has 0 saturated carbocycles. The fourth-order valence-corrected chi connectivity index (χ4v) is 2.72. The molecule has 1 heterocycles. The van der Waals surface area contributed by atoms with Gasteiger partial charge in [0.1, 0.15) is 0 Å². The van der Waals surface area contributed by atoms with Crippen LogP contribution in [0.2, 0.25) is 0 Å². The first-order chi connectivity index (χ1) is 9.50. The normalized spacial score (nSPS) is 12.2. The highest BCUT2D eigenvalue weighted by Gasteiger charge is 2.12. The van der Waals surface area contributed by atoms with Gasteiger partial charge in [-0.2, -0.15) is 0 Å². The Kier molecular flexibility index (Phi) is 4.69. The summed E-state index contributed by atoms with van der Waals surface area (Å²) >= 11 is 0. The number of pyridine rings is 1. The van der Waals surface area contributed by atoms with Crippen molar-refractivity contribution in [1.29, 1.82) is 0 Å². The molecule has 0 aliphatic heterocycles. The third kappa shape index (κ3) is 3.53. The second kappa shape index (κ2) is 6.30. The molecule has 20 heavy (non-hydrogen) atoms. The van der Waals surface area contributed by atoms with Crippen LogP contribution in [0, 0.1) is 0 Å². The van der Waals surface area contributed by atoms with Gasteiger partial charge in [-0.15, -0.1) is 0 Å². The van der Waals surface area contributed by atoms with E-state index in [1.807, 2.05) is 30.5 Å². The Morgan fingerprint density at radius 2 is 2.05 bits per heavy atom. The maximum atomic E-state index is 11.6. The van der Waals surface area contributed by atoms with E-state index in [4.69, 9.17) is 0 Å². The molecule has 0 aliphatic rings. The molecule has 1 aromatic carbocycles. The number of aromatic nitrogens is 1. The Morgan fingerprint density at radius 3 is 2.80 bits per heavy atom. The summed E-state index contributed by atoms with van der Waals surface area (Å²) < 4.78 is 24.5. The molecular formula is C14H19N3O2S. The molecule has 1 aromatic heterocycles. The van der Waals surface area contributed by atoms with E-state index in [2.05, 4.69) is 10.3 Å². The van der Waals surface area contributed by atoms with Gasteiger partial charge in [0.25, 0.3) is 0 Å². The predicted octanol–water partition coefficient (Wildman–Crippen LogP) is 1.22. The van der Waals surface area contributed by atoms with Crippen molar-refractivity contribution in [2.75, 3.05) is 26.4 Å². The molecule has 0 atom stereocenters. The topological polar surface area (TPSA) is 62.3 Å². The van der Waals surface area contributed by atoms with Crippen LogP contribution < -0.4 is 5.32 Å². The number of nitrogens with zero attached hydrogens (tertiary/aromatic N) is 2. The Labute approximate surface area is 119 Å². The minimum Gasteiger partial charge on any atom is -0.312 e. The van der Waals surface area contributed by atoms with Crippen molar-refractivity contribution < 1.29 is 8.42 Å². The van der Waals surface area contributed by atoms with Gasteiger partial charge in [0, 0.05) is 45.0 Å². The Balaban J connectivity index is 1.97. The fraction of sp³-hybridized carbons (Fsp3) is 0.357. The van der Waals surface area contributed by atoms with Gasteiger partial charge in [0.2, 0.25) is 10.0 Å². The largest absolute Gasteiger partial charge is 0.312 e. The second-order valence-corrected chi connectivity index (χ2v) is 7.09. The van der Waals surface area contributed by atoms with E-state index in [0.717, 1.165) is 16.3 Å². The molecule has 0 radical (unpaired) electrons. The summed E-state index contributed by atoms with van der Waals surface area (Å²) in [6.07, 6.45) is 3.59. The quantitative estimate of drug-likeness (QED) is 0.813. The molecule has 6 heteroatoms. The lowest BCUT2D eigenvalue weighted by molar-refractivity contribution is 0.517. The van der Waals surface area contributed by atoms with Crippen molar-refractivity contribution in [2.24, 2.45) is 0 Å². The van der Waals surface area contributed by atoms with Crippen LogP contribution in [0.3, 0.4) is 0 Å². The average Bonchev–Trinajstić information content (AvgIpc) is 2.43. The number of benzene rings is 1. The summed E-state index contributed by atoms with van der Waals surface area (Å²) in [6, 6.07) is 8.01. The van der Waals surface area contributed by atoms with E-state index >= 15 is 0 Å². The van der Waals surface area contributed by atoms with Crippen LogP contribution in [-0.2, 0) is 16.6 Å². The minimum atomic E-state index is -3.13. The van der Waals surface area contributed by atoms with E-state index in [0.29, 0.717) is 13.1 Å². The van der Waals surface area contributed by atoms with Crippen LogP contribution in [-0.4, -0.2) is 44.1 Å².